The summed E-state index contributed by atoms with van der Waals surface area (Å²) < 4.78 is 142. The van der Waals surface area contributed by atoms with Crippen molar-refractivity contribution in [1.82, 2.24) is 4.58 Å². The zero-order chi connectivity index (χ0) is 51.6. The molecule has 0 radical (unpaired) electrons. The lowest BCUT2D eigenvalue weighted by molar-refractivity contribution is -0.137. The Morgan fingerprint density at radius 2 is 1.39 bits per heavy atom. The largest absolute Gasteiger partial charge is 0.748 e. The topological polar surface area (TPSA) is 274 Å². The summed E-state index contributed by atoms with van der Waals surface area (Å²) in [5, 5.41) is 9.88. The lowest BCUT2D eigenvalue weighted by Gasteiger charge is -2.31. The summed E-state index contributed by atoms with van der Waals surface area (Å²) in [6.45, 7) is 12.5. The van der Waals surface area contributed by atoms with Gasteiger partial charge >= 0.3 is 5.97 Å². The molecule has 2 aliphatic heterocycles. The number of nitrogens with zero attached hydrogens (tertiary/aromatic N) is 2. The number of anilines is 1. The number of fused-ring (bicyclic) bond motifs is 2. The predicted molar refractivity (Wildman–Crippen MR) is 259 cm³/mol. The third kappa shape index (κ3) is 19.2. The second kappa shape index (κ2) is 27.1. The molecule has 0 saturated heterocycles. The van der Waals surface area contributed by atoms with E-state index < -0.39 is 58.1 Å². The summed E-state index contributed by atoms with van der Waals surface area (Å²) in [5.41, 5.74) is 2.02. The second-order valence-corrected chi connectivity index (χ2v) is 22.6. The average molecular weight is 1040 g/mol. The van der Waals surface area contributed by atoms with Gasteiger partial charge in [0, 0.05) is 66.4 Å². The third-order valence-electron chi connectivity index (χ3n) is 11.7. The van der Waals surface area contributed by atoms with E-state index in [-0.39, 0.29) is 44.2 Å². The lowest BCUT2D eigenvalue weighted by atomic mass is 9.77. The third-order valence-corrected chi connectivity index (χ3v) is 14.1. The minimum absolute atomic E-state index is 0.0128. The molecule has 1 aromatic carbocycles. The highest BCUT2D eigenvalue weighted by molar-refractivity contribution is 7.86. The van der Waals surface area contributed by atoms with Crippen LogP contribution in [0.25, 0.3) is 17.4 Å². The molecule has 0 amide bonds. The molecule has 1 atom stereocenters. The van der Waals surface area contributed by atoms with Gasteiger partial charge in [-0.25, -0.2) is 29.8 Å². The average Bonchev–Trinajstić information content (AvgIpc) is 3.49. The van der Waals surface area contributed by atoms with Crippen LogP contribution in [-0.4, -0.2) is 148 Å². The first-order chi connectivity index (χ1) is 32.9. The molecule has 1 aliphatic carbocycles. The maximum absolute atomic E-state index is 12.2. The van der Waals surface area contributed by atoms with E-state index in [9.17, 15) is 48.8 Å². The zero-order valence-electron chi connectivity index (χ0n) is 40.7. The first-order valence-electron chi connectivity index (χ1n) is 23.2. The summed E-state index contributed by atoms with van der Waals surface area (Å²) in [4.78, 5) is 12.7. The van der Waals surface area contributed by atoms with Crippen LogP contribution >= 0.6 is 0 Å². The van der Waals surface area contributed by atoms with Crippen molar-refractivity contribution in [2.75, 3.05) is 103 Å². The van der Waals surface area contributed by atoms with Crippen LogP contribution in [0, 0.1) is 0 Å². The highest BCUT2D eigenvalue weighted by atomic mass is 32.2. The number of carbonyl (C=O) groups is 1. The molecule has 0 fully saturated rings. The first-order valence-corrected chi connectivity index (χ1v) is 27.8. The molecule has 3 aliphatic rings. The van der Waals surface area contributed by atoms with E-state index in [1.54, 1.807) is 32.3 Å². The number of hydrogen-bond donors (Lipinski definition) is 1. The van der Waals surface area contributed by atoms with Crippen molar-refractivity contribution < 1.29 is 76.9 Å². The van der Waals surface area contributed by atoms with Crippen LogP contribution in [0.4, 0.5) is 5.69 Å². The molecule has 1 N–H and O–H groups in total. The normalized spacial score (nSPS) is 16.7. The highest BCUT2D eigenvalue weighted by Crippen LogP contribution is 2.51. The van der Waals surface area contributed by atoms with Crippen molar-refractivity contribution in [2.45, 2.75) is 88.4 Å². The first kappa shape index (κ1) is 58.5. The van der Waals surface area contributed by atoms with Gasteiger partial charge in [-0.05, 0) is 91.6 Å². The van der Waals surface area contributed by atoms with Crippen molar-refractivity contribution in [3.8, 4) is 11.3 Å². The molecular weight excluding hydrogens is 973 g/mol. The number of methoxy groups -OCH3 is 1. The van der Waals surface area contributed by atoms with Crippen LogP contribution in [0.5, 0.6) is 0 Å². The van der Waals surface area contributed by atoms with Gasteiger partial charge in [-0.1, -0.05) is 33.3 Å². The maximum atomic E-state index is 12.2. The fourth-order valence-corrected chi connectivity index (χ4v) is 9.70. The number of rotatable bonds is 32. The minimum atomic E-state index is -4.88. The molecule has 19 nitrogen and oxygen atoms in total. The molecule has 0 bridgehead atoms. The Kier molecular flexibility index (Phi) is 22.7. The summed E-state index contributed by atoms with van der Waals surface area (Å²) in [7, 11) is -12.3. The molecule has 2 heterocycles. The molecular formula is C48H68N2O17S3-2. The summed E-state index contributed by atoms with van der Waals surface area (Å²) in [6.07, 6.45) is 6.94. The van der Waals surface area contributed by atoms with Crippen molar-refractivity contribution in [3.05, 3.63) is 82.6 Å². The quantitative estimate of drug-likeness (QED) is 0.0506. The van der Waals surface area contributed by atoms with E-state index >= 15 is 0 Å². The summed E-state index contributed by atoms with van der Waals surface area (Å²) in [5.74, 6) is -1.15. The standard InChI is InChI=1S/C48H70N2O17S3/c1-47(2,3)41-35-38(67-44-34-37(15-17-40(41)44)49(20-11-33-69(56,57)58)22-23-63-26-27-65-30-31-66-29-28-64-25-24-62-5)12-9-13-45-48(4,19-10-32-68(53,54)55)42-36-39(70(59,60)61)16-18-43(42)50(45)21-8-6-7-14-46(51)52/h9,12-13,15-18,34-36H,6-8,10-11,14,19-33H2,1-5H3,(H3-,51,52,53,54,55,56,57,58,59,60,61)/p-2. The smallest absolute Gasteiger partial charge is 0.303 e. The predicted octanol–water partition coefficient (Wildman–Crippen LogP) is 4.65. The van der Waals surface area contributed by atoms with Gasteiger partial charge in [-0.2, -0.15) is 0 Å². The molecule has 0 aromatic heterocycles. The highest BCUT2D eigenvalue weighted by Gasteiger charge is 2.43. The number of carboxylic acids is 1. The van der Waals surface area contributed by atoms with Gasteiger partial charge in [-0.15, -0.1) is 0 Å². The zero-order valence-corrected chi connectivity index (χ0v) is 43.2. The fourth-order valence-electron chi connectivity index (χ4n) is 8.23. The molecule has 4 rings (SSSR count). The fraction of sp³-hybridized carbons (Fsp3) is 0.583. The Bertz CT molecular complexity index is 2620. The van der Waals surface area contributed by atoms with Crippen LogP contribution in [0.15, 0.2) is 69.6 Å². The number of hydrogen-bond acceptors (Lipinski definition) is 17. The van der Waals surface area contributed by atoms with Gasteiger partial charge in [0.25, 0.3) is 0 Å². The van der Waals surface area contributed by atoms with Crippen molar-refractivity contribution >= 4 is 48.1 Å². The maximum Gasteiger partial charge on any atom is 0.303 e. The van der Waals surface area contributed by atoms with Gasteiger partial charge in [0.1, 0.15) is 34.8 Å². The lowest BCUT2D eigenvalue weighted by Crippen LogP contribution is -2.35. The van der Waals surface area contributed by atoms with E-state index in [0.29, 0.717) is 119 Å². The number of benzene rings is 2. The van der Waals surface area contributed by atoms with E-state index in [1.807, 2.05) is 33.7 Å². The van der Waals surface area contributed by atoms with Crippen LogP contribution < -0.4 is 14.8 Å². The minimum Gasteiger partial charge on any atom is -0.748 e. The summed E-state index contributed by atoms with van der Waals surface area (Å²) in [6, 6.07) is 11.6. The Morgan fingerprint density at radius 3 is 1.97 bits per heavy atom. The van der Waals surface area contributed by atoms with Crippen LogP contribution in [0.2, 0.25) is 0 Å². The van der Waals surface area contributed by atoms with Crippen molar-refractivity contribution in [2.24, 2.45) is 0 Å². The van der Waals surface area contributed by atoms with Gasteiger partial charge in [0.15, 0.2) is 6.54 Å². The molecule has 70 heavy (non-hydrogen) atoms. The monoisotopic (exact) mass is 1040 g/mol. The van der Waals surface area contributed by atoms with Crippen molar-refractivity contribution in [3.63, 3.8) is 0 Å². The van der Waals surface area contributed by atoms with Gasteiger partial charge in [-0.3, -0.25) is 4.79 Å². The molecule has 0 saturated carbocycles. The van der Waals surface area contributed by atoms with E-state index in [4.69, 9.17) is 28.1 Å². The molecule has 0 spiro atoms. The van der Waals surface area contributed by atoms with Crippen LogP contribution in [0.1, 0.15) is 89.5 Å². The van der Waals surface area contributed by atoms with Gasteiger partial charge in [0.05, 0.1) is 84.1 Å². The SMILES string of the molecule is COCCOCCOCCOCCOCC[N+](CCCS(=O)(=O)[O-])=c1ccc2c(C(C)(C)C)cc(/C=C/C=C3/N(CCCCCC(=O)O)c4ccc(S(=O)(=O)[O-])cc4C3(C)CCCS(=O)(=O)[O-])oc-2c1. The second-order valence-electron chi connectivity index (χ2n) is 18.1. The van der Waals surface area contributed by atoms with E-state index in [0.717, 1.165) is 11.1 Å². The number of ether oxygens (including phenoxy) is 5. The summed E-state index contributed by atoms with van der Waals surface area (Å²) >= 11 is 0. The van der Waals surface area contributed by atoms with Gasteiger partial charge in [0.2, 0.25) is 5.36 Å². The number of carboxylic acid groups (broad SMARTS) is 1. The number of unbranched alkanes of at least 4 members (excludes halogenated alkanes) is 2. The Balaban J connectivity index is 1.68. The van der Waals surface area contributed by atoms with E-state index in [1.165, 1.54) is 18.2 Å². The Hall–Kier alpha value is -4.07. The van der Waals surface area contributed by atoms with Gasteiger partial charge < -0.3 is 51.8 Å². The molecule has 22 heteroatoms. The van der Waals surface area contributed by atoms with Crippen molar-refractivity contribution in [1.29, 1.82) is 0 Å². The van der Waals surface area contributed by atoms with E-state index in [2.05, 4.69) is 20.8 Å². The molecule has 1 aromatic rings. The number of aliphatic carboxylic acids is 1. The Labute approximate surface area is 412 Å². The molecule has 1 unspecified atom stereocenters. The van der Waals surface area contributed by atoms with Crippen LogP contribution in [-0.2, 0) is 69.7 Å². The Morgan fingerprint density at radius 1 is 0.771 bits per heavy atom. The molecule has 392 valence electrons. The number of allylic oxidation sites excluding steroid dienone is 3. The van der Waals surface area contributed by atoms with Crippen LogP contribution in [0.3, 0.4) is 0 Å².